The molecule has 0 atom stereocenters. The molecule has 1 aliphatic heterocycles. The molecule has 0 saturated carbocycles. The van der Waals surface area contributed by atoms with Gasteiger partial charge in [0.15, 0.2) is 0 Å². The van der Waals surface area contributed by atoms with Crippen LogP contribution in [0.4, 0.5) is 0 Å². The van der Waals surface area contributed by atoms with Gasteiger partial charge >= 0.3 is 0 Å². The van der Waals surface area contributed by atoms with Crippen LogP contribution < -0.4 is 0 Å². The predicted molar refractivity (Wildman–Crippen MR) is 29.6 cm³/mol. The molecule has 8 heavy (non-hydrogen) atoms. The first-order valence-electron chi connectivity index (χ1n) is 2.51. The summed E-state index contributed by atoms with van der Waals surface area (Å²) in [7, 11) is 4.20. The van der Waals surface area contributed by atoms with Gasteiger partial charge in [-0.05, 0) is 14.1 Å². The van der Waals surface area contributed by atoms with E-state index in [0.717, 1.165) is 13.2 Å². The third-order valence-corrected chi connectivity index (χ3v) is 1.17. The summed E-state index contributed by atoms with van der Waals surface area (Å²) in [5, 5.41) is 0. The van der Waals surface area contributed by atoms with Crippen LogP contribution in [0.5, 0.6) is 0 Å². The summed E-state index contributed by atoms with van der Waals surface area (Å²) in [5.41, 5.74) is 0. The fourth-order valence-electron chi connectivity index (χ4n) is 0.775. The summed E-state index contributed by atoms with van der Waals surface area (Å²) in [6, 6.07) is 0. The summed E-state index contributed by atoms with van der Waals surface area (Å²) in [6.45, 7) is 4.37. The number of hydrogen-bond donors (Lipinski definition) is 0. The van der Waals surface area contributed by atoms with E-state index >= 15 is 0 Å². The van der Waals surface area contributed by atoms with E-state index in [2.05, 4.69) is 30.4 Å². The molecule has 0 unspecified atom stereocenters. The van der Waals surface area contributed by atoms with Crippen molar-refractivity contribution >= 4 is 0 Å². The van der Waals surface area contributed by atoms with Gasteiger partial charge < -0.3 is 9.80 Å². The molecule has 0 aromatic heterocycles. The van der Waals surface area contributed by atoms with Crippen molar-refractivity contribution in [3.05, 3.63) is 6.54 Å². The topological polar surface area (TPSA) is 6.48 Å². The Morgan fingerprint density at radius 3 is 2.12 bits per heavy atom. The molecule has 0 aliphatic carbocycles. The quantitative estimate of drug-likeness (QED) is 0.574. The zero-order valence-corrected chi connectivity index (χ0v) is 9.55. The van der Waals surface area contributed by atoms with Gasteiger partial charge in [-0.1, -0.05) is 0 Å². The van der Waals surface area contributed by atoms with Gasteiger partial charge in [0.1, 0.15) is 0 Å². The van der Waals surface area contributed by atoms with Gasteiger partial charge in [-0.3, -0.25) is 6.54 Å². The maximum Gasteiger partial charge on any atom is 0.0203 e. The molecule has 0 aromatic carbocycles. The first-order chi connectivity index (χ1) is 3.29. The molecule has 1 saturated heterocycles. The van der Waals surface area contributed by atoms with Crippen LogP contribution >= 0.6 is 0 Å². The molecule has 0 spiro atoms. The smallest absolute Gasteiger partial charge is 0.0203 e. The van der Waals surface area contributed by atoms with Crippen LogP contribution in [0.1, 0.15) is 0 Å². The molecule has 0 aromatic rings. The monoisotopic (exact) mass is 337 g/mol. The van der Waals surface area contributed by atoms with E-state index in [4.69, 9.17) is 0 Å². The van der Waals surface area contributed by atoms with E-state index in [1.165, 1.54) is 0 Å². The normalized spacial score (nSPS) is 23.2. The third kappa shape index (κ3) is 2.50. The number of rotatable bonds is 0. The van der Waals surface area contributed by atoms with Gasteiger partial charge in [0.2, 0.25) is 0 Å². The average molecular weight is 337 g/mol. The Labute approximate surface area is 74.6 Å². The van der Waals surface area contributed by atoms with Crippen LogP contribution in [0.3, 0.4) is 0 Å². The Hall–Kier alpha value is 0.972. The second kappa shape index (κ2) is 3.90. The fourth-order valence-corrected chi connectivity index (χ4v) is 0.775. The van der Waals surface area contributed by atoms with Crippen molar-refractivity contribution in [3.8, 4) is 0 Å². The molecule has 1 aliphatic rings. The van der Waals surface area contributed by atoms with Crippen LogP contribution in [0.2, 0.25) is 0 Å². The third-order valence-electron chi connectivity index (χ3n) is 1.17. The molecule has 1 rings (SSSR count). The van der Waals surface area contributed by atoms with Crippen LogP contribution in [0, 0.1) is 37.7 Å². The molecule has 0 bridgehead atoms. The largest absolute Gasteiger partial charge is 0.446 e. The van der Waals surface area contributed by atoms with Crippen molar-refractivity contribution < 1.29 is 31.1 Å². The summed E-state index contributed by atoms with van der Waals surface area (Å²) < 4.78 is 0. The number of hydrogen-bond acceptors (Lipinski definition) is 2. The minimum Gasteiger partial charge on any atom is -0.446 e. The second-order valence-corrected chi connectivity index (χ2v) is 2.12. The van der Waals surface area contributed by atoms with E-state index in [9.17, 15) is 0 Å². The summed E-state index contributed by atoms with van der Waals surface area (Å²) in [4.78, 5) is 4.43. The second-order valence-electron chi connectivity index (χ2n) is 2.12. The molecule has 1 fully saturated rings. The van der Waals surface area contributed by atoms with E-state index < -0.39 is 0 Å². The molecular weight excluding hydrogens is 326 g/mol. The fraction of sp³-hybridized carbons (Fsp3) is 0.800. The van der Waals surface area contributed by atoms with Gasteiger partial charge in [0, 0.05) is 37.8 Å². The zero-order valence-electron chi connectivity index (χ0n) is 5.39. The van der Waals surface area contributed by atoms with Crippen molar-refractivity contribution in [3.63, 3.8) is 0 Å². The maximum atomic E-state index is 2.25. The van der Waals surface area contributed by atoms with Gasteiger partial charge in [0.25, 0.3) is 0 Å². The Balaban J connectivity index is 0.000000490. The van der Waals surface area contributed by atoms with Crippen LogP contribution in [0.25, 0.3) is 0 Å². The Kier molecular flexibility index (Phi) is 4.37. The van der Waals surface area contributed by atoms with Crippen molar-refractivity contribution in [2.24, 2.45) is 0 Å². The van der Waals surface area contributed by atoms with Crippen molar-refractivity contribution in [2.45, 2.75) is 0 Å². The van der Waals surface area contributed by atoms with Gasteiger partial charge in [-0.25, -0.2) is 0 Å². The predicted octanol–water partition coefficient (Wildman–Crippen LogP) is -0.0171. The summed E-state index contributed by atoms with van der Waals surface area (Å²) >= 11 is 0. The van der Waals surface area contributed by atoms with Crippen LogP contribution in [-0.2, 0) is 0 Å². The first kappa shape index (κ1) is 8.97. The standard InChI is InChI=1S/C5H11N2.U/c1-6-3-4-7(2)5-6;/h3H,4-5H2,1-2H3;/q-1;. The van der Waals surface area contributed by atoms with E-state index in [1.54, 1.807) is 0 Å². The Bertz CT molecular complexity index is 59.4. The molecule has 0 N–H and O–H groups in total. The minimum atomic E-state index is 0. The molecule has 46 valence electrons. The average Bonchev–Trinajstić information content (AvgIpc) is 1.87. The van der Waals surface area contributed by atoms with E-state index in [0.29, 0.717) is 0 Å². The molecule has 2 nitrogen and oxygen atoms in total. The van der Waals surface area contributed by atoms with Gasteiger partial charge in [-0.15, -0.1) is 6.54 Å². The van der Waals surface area contributed by atoms with Crippen LogP contribution in [0.15, 0.2) is 0 Å². The molecule has 0 radical (unpaired) electrons. The van der Waals surface area contributed by atoms with Crippen molar-refractivity contribution in [1.82, 2.24) is 9.80 Å². The number of nitrogens with zero attached hydrogens (tertiary/aromatic N) is 2. The van der Waals surface area contributed by atoms with Crippen molar-refractivity contribution in [1.29, 1.82) is 0 Å². The molecule has 1 heterocycles. The first-order valence-corrected chi connectivity index (χ1v) is 2.51. The van der Waals surface area contributed by atoms with Crippen molar-refractivity contribution in [2.75, 3.05) is 27.3 Å². The van der Waals surface area contributed by atoms with Crippen LogP contribution in [-0.4, -0.2) is 37.1 Å². The zero-order chi connectivity index (χ0) is 5.28. The summed E-state index contributed by atoms with van der Waals surface area (Å²) in [5.74, 6) is 0. The Morgan fingerprint density at radius 1 is 1.38 bits per heavy atom. The summed E-state index contributed by atoms with van der Waals surface area (Å²) in [6.07, 6.45) is 0. The molecule has 0 amide bonds. The van der Waals surface area contributed by atoms with Gasteiger partial charge in [0.05, 0.1) is 0 Å². The minimum absolute atomic E-state index is 0. The SMILES string of the molecule is CN1[CH-]CN(C)C1.[U]. The maximum absolute atomic E-state index is 2.25. The molecule has 3 heteroatoms. The van der Waals surface area contributed by atoms with E-state index in [1.807, 2.05) is 0 Å². The Morgan fingerprint density at radius 2 is 2.00 bits per heavy atom. The number of likely N-dealkylation sites (N-methyl/N-ethyl adjacent to an activating group) is 2. The molecular formula is C5H11N2U-. The van der Waals surface area contributed by atoms with E-state index in [-0.39, 0.29) is 31.1 Å². The van der Waals surface area contributed by atoms with Gasteiger partial charge in [-0.2, -0.15) is 0 Å².